The van der Waals surface area contributed by atoms with Crippen LogP contribution in [-0.4, -0.2) is 23.9 Å². The van der Waals surface area contributed by atoms with Gasteiger partial charge in [0.25, 0.3) is 0 Å². The summed E-state index contributed by atoms with van der Waals surface area (Å²) >= 11 is 0. The largest absolute Gasteiger partial charge is 0.503 e. The van der Waals surface area contributed by atoms with Crippen molar-refractivity contribution >= 4 is 0 Å². The highest BCUT2D eigenvalue weighted by molar-refractivity contribution is 5.44. The third-order valence-corrected chi connectivity index (χ3v) is 2.49. The van der Waals surface area contributed by atoms with E-state index in [1.165, 1.54) is 7.11 Å². The second-order valence-corrected chi connectivity index (χ2v) is 4.14. The quantitative estimate of drug-likeness (QED) is 0.837. The first-order valence-corrected chi connectivity index (χ1v) is 4.71. The SMILES string of the molecule is COc1cc(C(C)(C)CO)c(F)c(O)c1F. The van der Waals surface area contributed by atoms with Crippen molar-refractivity contribution in [2.45, 2.75) is 19.3 Å². The van der Waals surface area contributed by atoms with Gasteiger partial charge in [-0.2, -0.15) is 4.39 Å². The first-order valence-electron chi connectivity index (χ1n) is 4.71. The third kappa shape index (κ3) is 1.95. The van der Waals surface area contributed by atoms with Gasteiger partial charge >= 0.3 is 0 Å². The molecule has 1 aromatic carbocycles. The number of hydrogen-bond donors (Lipinski definition) is 2. The molecule has 0 aliphatic rings. The smallest absolute Gasteiger partial charge is 0.209 e. The van der Waals surface area contributed by atoms with Gasteiger partial charge in [0.05, 0.1) is 13.7 Å². The zero-order valence-corrected chi connectivity index (χ0v) is 9.34. The van der Waals surface area contributed by atoms with Crippen molar-refractivity contribution in [1.29, 1.82) is 0 Å². The molecule has 0 spiro atoms. The minimum absolute atomic E-state index is 0.00532. The van der Waals surface area contributed by atoms with Crippen LogP contribution >= 0.6 is 0 Å². The third-order valence-electron chi connectivity index (χ3n) is 2.49. The number of ether oxygens (including phenoxy) is 1. The Bertz CT molecular complexity index is 403. The van der Waals surface area contributed by atoms with Gasteiger partial charge in [0.1, 0.15) is 0 Å². The summed E-state index contributed by atoms with van der Waals surface area (Å²) in [5.74, 6) is -3.55. The average Bonchev–Trinajstić information content (AvgIpc) is 2.26. The summed E-state index contributed by atoms with van der Waals surface area (Å²) in [6, 6.07) is 1.14. The van der Waals surface area contributed by atoms with Gasteiger partial charge in [-0.05, 0) is 6.07 Å². The molecular formula is C11H14F2O3. The van der Waals surface area contributed by atoms with Crippen LogP contribution in [0.25, 0.3) is 0 Å². The van der Waals surface area contributed by atoms with Crippen LogP contribution in [0.5, 0.6) is 11.5 Å². The van der Waals surface area contributed by atoms with Crippen LogP contribution in [0.4, 0.5) is 8.78 Å². The van der Waals surface area contributed by atoms with Crippen LogP contribution < -0.4 is 4.74 Å². The molecule has 90 valence electrons. The zero-order valence-electron chi connectivity index (χ0n) is 9.34. The normalized spacial score (nSPS) is 11.6. The maximum atomic E-state index is 13.6. The van der Waals surface area contributed by atoms with E-state index in [1.54, 1.807) is 13.8 Å². The minimum atomic E-state index is -1.14. The predicted molar refractivity (Wildman–Crippen MR) is 54.7 cm³/mol. The van der Waals surface area contributed by atoms with Gasteiger partial charge in [0.2, 0.25) is 5.82 Å². The fraction of sp³-hybridized carbons (Fsp3) is 0.455. The number of aliphatic hydroxyl groups excluding tert-OH is 1. The number of phenolic OH excluding ortho intramolecular Hbond substituents is 1. The molecule has 3 nitrogen and oxygen atoms in total. The van der Waals surface area contributed by atoms with Crippen LogP contribution in [0.3, 0.4) is 0 Å². The summed E-state index contributed by atoms with van der Waals surface area (Å²) in [7, 11) is 1.21. The van der Waals surface area contributed by atoms with Crippen molar-refractivity contribution in [3.05, 3.63) is 23.3 Å². The van der Waals surface area contributed by atoms with E-state index in [0.717, 1.165) is 6.07 Å². The molecule has 0 aliphatic carbocycles. The number of methoxy groups -OCH3 is 1. The summed E-state index contributed by atoms with van der Waals surface area (Å²) in [5.41, 5.74) is -0.923. The Morgan fingerprint density at radius 2 is 1.88 bits per heavy atom. The van der Waals surface area contributed by atoms with Crippen LogP contribution in [0.2, 0.25) is 0 Å². The number of benzene rings is 1. The Morgan fingerprint density at radius 1 is 1.31 bits per heavy atom. The standard InChI is InChI=1S/C11H14F2O3/c1-11(2,5-14)6-4-7(16-3)9(13)10(15)8(6)12/h4,14-15H,5H2,1-3H3. The molecule has 0 heterocycles. The summed E-state index contributed by atoms with van der Waals surface area (Å²) in [5, 5.41) is 18.4. The molecule has 0 unspecified atom stereocenters. The van der Waals surface area contributed by atoms with Gasteiger partial charge in [-0.3, -0.25) is 0 Å². The number of aromatic hydroxyl groups is 1. The topological polar surface area (TPSA) is 49.7 Å². The Labute approximate surface area is 92.3 Å². The van der Waals surface area contributed by atoms with Crippen molar-refractivity contribution in [2.24, 2.45) is 0 Å². The van der Waals surface area contributed by atoms with E-state index in [0.29, 0.717) is 0 Å². The Hall–Kier alpha value is -1.36. The van der Waals surface area contributed by atoms with Crippen molar-refractivity contribution in [1.82, 2.24) is 0 Å². The van der Waals surface area contributed by atoms with Crippen molar-refractivity contribution < 1.29 is 23.7 Å². The molecule has 0 bridgehead atoms. The first kappa shape index (κ1) is 12.7. The lowest BCUT2D eigenvalue weighted by Crippen LogP contribution is -2.24. The maximum absolute atomic E-state index is 13.6. The summed E-state index contributed by atoms with van der Waals surface area (Å²) < 4.78 is 31.5. The number of hydrogen-bond acceptors (Lipinski definition) is 3. The lowest BCUT2D eigenvalue weighted by atomic mass is 9.85. The van der Waals surface area contributed by atoms with Gasteiger partial charge in [0.15, 0.2) is 17.3 Å². The van der Waals surface area contributed by atoms with Gasteiger partial charge in [-0.15, -0.1) is 0 Å². The van der Waals surface area contributed by atoms with Crippen LogP contribution in [0.15, 0.2) is 6.07 Å². The lowest BCUT2D eigenvalue weighted by Gasteiger charge is -2.24. The molecule has 1 rings (SSSR count). The van der Waals surface area contributed by atoms with E-state index >= 15 is 0 Å². The fourth-order valence-corrected chi connectivity index (χ4v) is 1.32. The van der Waals surface area contributed by atoms with E-state index < -0.39 is 22.8 Å². The molecule has 0 saturated heterocycles. The van der Waals surface area contributed by atoms with E-state index in [1.807, 2.05) is 0 Å². The summed E-state index contributed by atoms with van der Waals surface area (Å²) in [6.45, 7) is 2.81. The number of phenols is 1. The highest BCUT2D eigenvalue weighted by Gasteiger charge is 2.28. The lowest BCUT2D eigenvalue weighted by molar-refractivity contribution is 0.212. The van der Waals surface area contributed by atoms with E-state index in [4.69, 9.17) is 5.11 Å². The molecule has 16 heavy (non-hydrogen) atoms. The van der Waals surface area contributed by atoms with Crippen molar-refractivity contribution in [3.8, 4) is 11.5 Å². The Balaban J connectivity index is 3.47. The van der Waals surface area contributed by atoms with Gasteiger partial charge in [-0.25, -0.2) is 4.39 Å². The molecule has 0 atom stereocenters. The molecule has 0 aliphatic heterocycles. The van der Waals surface area contributed by atoms with Crippen molar-refractivity contribution in [3.63, 3.8) is 0 Å². The Morgan fingerprint density at radius 3 is 2.31 bits per heavy atom. The second kappa shape index (κ2) is 4.25. The van der Waals surface area contributed by atoms with Gasteiger partial charge in [0, 0.05) is 11.0 Å². The van der Waals surface area contributed by atoms with Crippen LogP contribution in [0.1, 0.15) is 19.4 Å². The van der Waals surface area contributed by atoms with Crippen molar-refractivity contribution in [2.75, 3.05) is 13.7 Å². The molecule has 0 amide bonds. The second-order valence-electron chi connectivity index (χ2n) is 4.14. The maximum Gasteiger partial charge on any atom is 0.209 e. The minimum Gasteiger partial charge on any atom is -0.503 e. The molecule has 1 aromatic rings. The molecular weight excluding hydrogens is 218 g/mol. The van der Waals surface area contributed by atoms with E-state index in [-0.39, 0.29) is 17.9 Å². The number of halogens is 2. The van der Waals surface area contributed by atoms with Crippen LogP contribution in [0, 0.1) is 11.6 Å². The Kier molecular flexibility index (Phi) is 3.38. The highest BCUT2D eigenvalue weighted by Crippen LogP contribution is 2.36. The monoisotopic (exact) mass is 232 g/mol. The molecule has 5 heteroatoms. The van der Waals surface area contributed by atoms with E-state index in [2.05, 4.69) is 4.74 Å². The molecule has 0 radical (unpaired) electrons. The number of rotatable bonds is 3. The first-order chi connectivity index (χ1) is 7.35. The van der Waals surface area contributed by atoms with E-state index in [9.17, 15) is 13.9 Å². The molecule has 0 saturated carbocycles. The van der Waals surface area contributed by atoms with Gasteiger partial charge in [-0.1, -0.05) is 13.8 Å². The number of aliphatic hydroxyl groups is 1. The van der Waals surface area contributed by atoms with Crippen LogP contribution in [-0.2, 0) is 5.41 Å². The highest BCUT2D eigenvalue weighted by atomic mass is 19.1. The molecule has 0 fully saturated rings. The zero-order chi connectivity index (χ0) is 12.5. The average molecular weight is 232 g/mol. The molecule has 2 N–H and O–H groups in total. The summed E-state index contributed by atoms with van der Waals surface area (Å²) in [4.78, 5) is 0. The van der Waals surface area contributed by atoms with Gasteiger partial charge < -0.3 is 14.9 Å². The summed E-state index contributed by atoms with van der Waals surface area (Å²) in [6.07, 6.45) is 0. The molecule has 0 aromatic heterocycles. The predicted octanol–water partition coefficient (Wildman–Crippen LogP) is 1.95. The fourth-order valence-electron chi connectivity index (χ4n) is 1.32.